The summed E-state index contributed by atoms with van der Waals surface area (Å²) in [5.41, 5.74) is 0. The third kappa shape index (κ3) is 3.28. The van der Waals surface area contributed by atoms with Crippen molar-refractivity contribution in [3.63, 3.8) is 0 Å². The maximum Gasteiger partial charge on any atom is 0.266 e. The minimum absolute atomic E-state index is 0.212. The third-order valence-corrected chi connectivity index (χ3v) is 5.29. The van der Waals surface area contributed by atoms with Crippen LogP contribution < -0.4 is 5.32 Å². The SMILES string of the molecule is O=C(Nc1cccc(Cl)n1)c1cc(Br)c(Br)s1. The van der Waals surface area contributed by atoms with E-state index in [0.29, 0.717) is 15.8 Å². The van der Waals surface area contributed by atoms with Crippen LogP contribution in [0.15, 0.2) is 32.5 Å². The molecule has 2 aromatic rings. The fraction of sp³-hybridized carbons (Fsp3) is 0. The Balaban J connectivity index is 2.17. The predicted molar refractivity (Wildman–Crippen MR) is 76.9 cm³/mol. The van der Waals surface area contributed by atoms with E-state index in [-0.39, 0.29) is 5.91 Å². The van der Waals surface area contributed by atoms with Gasteiger partial charge in [0.2, 0.25) is 0 Å². The summed E-state index contributed by atoms with van der Waals surface area (Å²) in [6.07, 6.45) is 0. The molecule has 1 amide bonds. The van der Waals surface area contributed by atoms with Crippen LogP contribution in [0, 0.1) is 0 Å². The smallest absolute Gasteiger partial charge is 0.266 e. The summed E-state index contributed by atoms with van der Waals surface area (Å²) in [7, 11) is 0. The van der Waals surface area contributed by atoms with Crippen LogP contribution in [0.25, 0.3) is 0 Å². The van der Waals surface area contributed by atoms with Gasteiger partial charge in [-0.15, -0.1) is 11.3 Å². The van der Waals surface area contributed by atoms with Crippen molar-refractivity contribution in [3.05, 3.63) is 42.6 Å². The summed E-state index contributed by atoms with van der Waals surface area (Å²) < 4.78 is 1.73. The molecule has 0 fully saturated rings. The Morgan fingerprint density at radius 1 is 1.41 bits per heavy atom. The molecule has 0 saturated carbocycles. The number of nitrogens with zero attached hydrogens (tertiary/aromatic N) is 1. The highest BCUT2D eigenvalue weighted by molar-refractivity contribution is 9.13. The second-order valence-electron chi connectivity index (χ2n) is 3.03. The largest absolute Gasteiger partial charge is 0.306 e. The molecule has 2 heterocycles. The average Bonchev–Trinajstić information content (AvgIpc) is 2.59. The Hall–Kier alpha value is -0.430. The van der Waals surface area contributed by atoms with Gasteiger partial charge in [-0.25, -0.2) is 4.98 Å². The van der Waals surface area contributed by atoms with Gasteiger partial charge >= 0.3 is 0 Å². The summed E-state index contributed by atoms with van der Waals surface area (Å²) in [4.78, 5) is 16.4. The van der Waals surface area contributed by atoms with Crippen molar-refractivity contribution in [2.75, 3.05) is 5.32 Å². The van der Waals surface area contributed by atoms with Crippen LogP contribution in [0.2, 0.25) is 5.15 Å². The number of anilines is 1. The molecule has 3 nitrogen and oxygen atoms in total. The molecule has 0 unspecified atom stereocenters. The Morgan fingerprint density at radius 2 is 2.18 bits per heavy atom. The zero-order valence-electron chi connectivity index (χ0n) is 8.21. The lowest BCUT2D eigenvalue weighted by Gasteiger charge is -2.02. The number of nitrogens with one attached hydrogen (secondary N) is 1. The maximum absolute atomic E-state index is 11.9. The lowest BCUT2D eigenvalue weighted by molar-refractivity contribution is 0.103. The molecule has 0 aliphatic rings. The first-order valence-electron chi connectivity index (χ1n) is 4.45. The standard InChI is InChI=1S/C10H5Br2ClN2OS/c11-5-4-6(17-9(5)12)10(16)15-8-3-1-2-7(13)14-8/h1-4H,(H,14,15,16). The minimum Gasteiger partial charge on any atom is -0.306 e. The molecule has 0 bridgehead atoms. The van der Waals surface area contributed by atoms with Crippen LogP contribution >= 0.6 is 54.8 Å². The molecule has 0 atom stereocenters. The van der Waals surface area contributed by atoms with Crippen molar-refractivity contribution in [2.45, 2.75) is 0 Å². The topological polar surface area (TPSA) is 42.0 Å². The van der Waals surface area contributed by atoms with Crippen molar-refractivity contribution in [1.29, 1.82) is 0 Å². The number of carbonyl (C=O) groups is 1. The van der Waals surface area contributed by atoms with Crippen LogP contribution in [0.5, 0.6) is 0 Å². The highest BCUT2D eigenvalue weighted by Gasteiger charge is 2.12. The first-order chi connectivity index (χ1) is 8.06. The van der Waals surface area contributed by atoms with E-state index in [0.717, 1.165) is 8.26 Å². The molecule has 0 aromatic carbocycles. The Labute approximate surface area is 123 Å². The third-order valence-electron chi connectivity index (χ3n) is 1.83. The van der Waals surface area contributed by atoms with Gasteiger partial charge in [0.25, 0.3) is 5.91 Å². The molecule has 0 aliphatic heterocycles. The Morgan fingerprint density at radius 3 is 2.76 bits per heavy atom. The minimum atomic E-state index is -0.212. The van der Waals surface area contributed by atoms with Gasteiger partial charge in [0.15, 0.2) is 0 Å². The van der Waals surface area contributed by atoms with E-state index in [2.05, 4.69) is 42.2 Å². The summed E-state index contributed by atoms with van der Waals surface area (Å²) in [6.45, 7) is 0. The van der Waals surface area contributed by atoms with Crippen LogP contribution in [-0.4, -0.2) is 10.9 Å². The molecular weight excluding hydrogens is 391 g/mol. The van der Waals surface area contributed by atoms with Crippen molar-refractivity contribution in [2.24, 2.45) is 0 Å². The zero-order chi connectivity index (χ0) is 12.4. The Bertz CT molecular complexity index is 554. The lowest BCUT2D eigenvalue weighted by Crippen LogP contribution is -2.11. The number of rotatable bonds is 2. The van der Waals surface area contributed by atoms with Gasteiger partial charge in [0.05, 0.1) is 8.66 Å². The number of pyridine rings is 1. The van der Waals surface area contributed by atoms with E-state index in [4.69, 9.17) is 11.6 Å². The van der Waals surface area contributed by atoms with Gasteiger partial charge in [0.1, 0.15) is 11.0 Å². The summed E-state index contributed by atoms with van der Waals surface area (Å²) in [5, 5.41) is 3.02. The molecular formula is C10H5Br2ClN2OS. The number of thiophene rings is 1. The molecule has 7 heteroatoms. The number of amides is 1. The number of hydrogen-bond donors (Lipinski definition) is 1. The zero-order valence-corrected chi connectivity index (χ0v) is 13.0. The predicted octanol–water partition coefficient (Wildman–Crippen LogP) is 4.57. The Kier molecular flexibility index (Phi) is 4.19. The van der Waals surface area contributed by atoms with Crippen molar-refractivity contribution < 1.29 is 4.79 Å². The quantitative estimate of drug-likeness (QED) is 0.756. The number of aromatic nitrogens is 1. The maximum atomic E-state index is 11.9. The van der Waals surface area contributed by atoms with Gasteiger partial charge in [0, 0.05) is 4.47 Å². The molecule has 1 N–H and O–H groups in total. The molecule has 0 radical (unpaired) electrons. The van der Waals surface area contributed by atoms with Crippen molar-refractivity contribution in [3.8, 4) is 0 Å². The monoisotopic (exact) mass is 394 g/mol. The van der Waals surface area contributed by atoms with Gasteiger partial charge < -0.3 is 5.32 Å². The summed E-state index contributed by atoms with van der Waals surface area (Å²) in [5.74, 6) is 0.222. The lowest BCUT2D eigenvalue weighted by atomic mass is 10.4. The van der Waals surface area contributed by atoms with Gasteiger partial charge in [-0.1, -0.05) is 17.7 Å². The highest BCUT2D eigenvalue weighted by Crippen LogP contribution is 2.32. The van der Waals surface area contributed by atoms with Crippen LogP contribution in [0.1, 0.15) is 9.67 Å². The summed E-state index contributed by atoms with van der Waals surface area (Å²) in [6, 6.07) is 6.80. The van der Waals surface area contributed by atoms with Crippen LogP contribution in [-0.2, 0) is 0 Å². The second kappa shape index (κ2) is 5.48. The van der Waals surface area contributed by atoms with E-state index in [1.54, 1.807) is 24.3 Å². The molecule has 2 rings (SSSR count). The van der Waals surface area contributed by atoms with E-state index in [9.17, 15) is 4.79 Å². The number of carbonyl (C=O) groups excluding carboxylic acids is 1. The highest BCUT2D eigenvalue weighted by atomic mass is 79.9. The van der Waals surface area contributed by atoms with E-state index < -0.39 is 0 Å². The van der Waals surface area contributed by atoms with E-state index >= 15 is 0 Å². The first-order valence-corrected chi connectivity index (χ1v) is 7.23. The van der Waals surface area contributed by atoms with Crippen LogP contribution in [0.3, 0.4) is 0 Å². The normalized spacial score (nSPS) is 10.3. The van der Waals surface area contributed by atoms with E-state index in [1.807, 2.05) is 0 Å². The number of hydrogen-bond acceptors (Lipinski definition) is 3. The second-order valence-corrected chi connectivity index (χ2v) is 6.64. The summed E-state index contributed by atoms with van der Waals surface area (Å²) >= 11 is 13.7. The number of halogens is 3. The van der Waals surface area contributed by atoms with Gasteiger partial charge in [-0.3, -0.25) is 4.79 Å². The van der Waals surface area contributed by atoms with Crippen molar-refractivity contribution in [1.82, 2.24) is 4.98 Å². The van der Waals surface area contributed by atoms with Crippen LogP contribution in [0.4, 0.5) is 5.82 Å². The molecule has 0 aliphatic carbocycles. The molecule has 0 saturated heterocycles. The fourth-order valence-electron chi connectivity index (χ4n) is 1.11. The van der Waals surface area contributed by atoms with Gasteiger partial charge in [-0.05, 0) is 50.1 Å². The molecule has 2 aromatic heterocycles. The first kappa shape index (κ1) is 13.0. The van der Waals surface area contributed by atoms with Gasteiger partial charge in [-0.2, -0.15) is 0 Å². The van der Waals surface area contributed by atoms with Crippen molar-refractivity contribution >= 4 is 66.5 Å². The fourth-order valence-corrected chi connectivity index (χ4v) is 3.21. The molecule has 17 heavy (non-hydrogen) atoms. The average molecular weight is 396 g/mol. The molecule has 88 valence electrons. The molecule has 0 spiro atoms. The van der Waals surface area contributed by atoms with E-state index in [1.165, 1.54) is 11.3 Å².